The molecule has 2 N–H and O–H groups in total. The van der Waals surface area contributed by atoms with E-state index in [0.29, 0.717) is 18.3 Å². The van der Waals surface area contributed by atoms with Crippen LogP contribution in [-0.4, -0.2) is 35.2 Å². The molecule has 3 rings (SSSR count). The van der Waals surface area contributed by atoms with Crippen molar-refractivity contribution in [2.45, 2.75) is 36.0 Å². The van der Waals surface area contributed by atoms with Gasteiger partial charge in [-0.3, -0.25) is 4.79 Å². The fraction of sp³-hybridized carbons (Fsp3) is 0.350. The van der Waals surface area contributed by atoms with E-state index >= 15 is 0 Å². The molecule has 0 saturated carbocycles. The molecule has 2 atom stereocenters. The van der Waals surface area contributed by atoms with Crippen LogP contribution in [0.5, 0.6) is 0 Å². The fourth-order valence-corrected chi connectivity index (χ4v) is 4.02. The number of nitrogens with two attached hydrogens (primary N) is 1. The summed E-state index contributed by atoms with van der Waals surface area (Å²) in [7, 11) is 0. The summed E-state index contributed by atoms with van der Waals surface area (Å²) < 4.78 is 0. The van der Waals surface area contributed by atoms with E-state index < -0.39 is 0 Å². The van der Waals surface area contributed by atoms with E-state index in [1.165, 1.54) is 10.5 Å². The summed E-state index contributed by atoms with van der Waals surface area (Å²) in [5.74, 6) is 0.288. The third-order valence-electron chi connectivity index (χ3n) is 4.35. The van der Waals surface area contributed by atoms with Crippen LogP contribution < -0.4 is 5.73 Å². The zero-order chi connectivity index (χ0) is 17.1. The molecule has 1 heterocycles. The van der Waals surface area contributed by atoms with Gasteiger partial charge in [0, 0.05) is 40.8 Å². The highest BCUT2D eigenvalue weighted by atomic mass is 32.2. The van der Waals surface area contributed by atoms with E-state index in [1.807, 2.05) is 47.4 Å². The van der Waals surface area contributed by atoms with Gasteiger partial charge in [0.1, 0.15) is 0 Å². The number of benzene rings is 2. The number of nitrogens with zero attached hydrogens (tertiary/aromatic N) is 1. The lowest BCUT2D eigenvalue weighted by Gasteiger charge is -2.17. The third-order valence-corrected chi connectivity index (χ3v) is 5.37. The number of likely N-dealkylation sites (tertiary alicyclic amines) is 1. The van der Waals surface area contributed by atoms with Gasteiger partial charge < -0.3 is 10.6 Å². The molecule has 0 spiro atoms. The molecule has 3 nitrogen and oxygen atoms in total. The molecule has 2 aromatic carbocycles. The van der Waals surface area contributed by atoms with Gasteiger partial charge in [-0.2, -0.15) is 0 Å². The standard InChI is InChI=1S/C20H24N2OS/c1-14(2)24-17-10-8-16(9-11-17)20(23)22-12-18(19(21)13-22)15-6-4-3-5-7-15/h3-11,14,18-19H,12-13,21H2,1-2H3/t18-,19+/m0/s1. The van der Waals surface area contributed by atoms with Crippen LogP contribution in [0.25, 0.3) is 0 Å². The SMILES string of the molecule is CC(C)Sc1ccc(C(=O)N2C[C@@H](N)[C@H](c3ccccc3)C2)cc1. The number of carbonyl (C=O) groups excluding carboxylic acids is 1. The summed E-state index contributed by atoms with van der Waals surface area (Å²) in [4.78, 5) is 15.8. The lowest BCUT2D eigenvalue weighted by molar-refractivity contribution is 0.0789. The molecule has 0 unspecified atom stereocenters. The van der Waals surface area contributed by atoms with Crippen LogP contribution >= 0.6 is 11.8 Å². The first-order valence-electron chi connectivity index (χ1n) is 8.41. The molecule has 126 valence electrons. The van der Waals surface area contributed by atoms with Crippen molar-refractivity contribution in [3.8, 4) is 0 Å². The average Bonchev–Trinajstić information content (AvgIpc) is 2.97. The second-order valence-corrected chi connectivity index (χ2v) is 8.23. The highest BCUT2D eigenvalue weighted by Crippen LogP contribution is 2.28. The van der Waals surface area contributed by atoms with Crippen molar-refractivity contribution >= 4 is 17.7 Å². The first-order chi connectivity index (χ1) is 11.5. The topological polar surface area (TPSA) is 46.3 Å². The van der Waals surface area contributed by atoms with Crippen molar-refractivity contribution in [3.63, 3.8) is 0 Å². The molecule has 2 aromatic rings. The summed E-state index contributed by atoms with van der Waals surface area (Å²) in [5, 5.41) is 0.537. The lowest BCUT2D eigenvalue weighted by atomic mass is 9.95. The first-order valence-corrected chi connectivity index (χ1v) is 9.29. The maximum absolute atomic E-state index is 12.8. The summed E-state index contributed by atoms with van der Waals surface area (Å²) in [6, 6.07) is 18.1. The molecule has 1 fully saturated rings. The first kappa shape index (κ1) is 17.1. The second kappa shape index (κ2) is 7.41. The van der Waals surface area contributed by atoms with Crippen LogP contribution in [0.3, 0.4) is 0 Å². The Morgan fingerprint density at radius 3 is 2.38 bits per heavy atom. The van der Waals surface area contributed by atoms with Crippen LogP contribution in [0.1, 0.15) is 35.7 Å². The van der Waals surface area contributed by atoms with Crippen molar-refractivity contribution < 1.29 is 4.79 Å². The zero-order valence-corrected chi connectivity index (χ0v) is 15.0. The summed E-state index contributed by atoms with van der Waals surface area (Å²) in [5.41, 5.74) is 8.25. The minimum atomic E-state index is -0.00730. The largest absolute Gasteiger partial charge is 0.336 e. The Morgan fingerprint density at radius 1 is 1.08 bits per heavy atom. The molecule has 4 heteroatoms. The Morgan fingerprint density at radius 2 is 1.75 bits per heavy atom. The minimum Gasteiger partial charge on any atom is -0.336 e. The second-order valence-electron chi connectivity index (χ2n) is 6.58. The Hall–Kier alpha value is -1.78. The van der Waals surface area contributed by atoms with Gasteiger partial charge >= 0.3 is 0 Å². The highest BCUT2D eigenvalue weighted by molar-refractivity contribution is 7.99. The van der Waals surface area contributed by atoms with E-state index in [0.717, 1.165) is 5.56 Å². The summed E-state index contributed by atoms with van der Waals surface area (Å²) in [6.45, 7) is 5.63. The molecule has 1 saturated heterocycles. The van der Waals surface area contributed by atoms with Crippen molar-refractivity contribution in [3.05, 3.63) is 65.7 Å². The van der Waals surface area contributed by atoms with E-state index in [2.05, 4.69) is 26.0 Å². The molecule has 1 aliphatic rings. The maximum atomic E-state index is 12.8. The Labute approximate surface area is 148 Å². The lowest BCUT2D eigenvalue weighted by Crippen LogP contribution is -2.32. The Balaban J connectivity index is 1.70. The van der Waals surface area contributed by atoms with Crippen LogP contribution in [0.4, 0.5) is 0 Å². The van der Waals surface area contributed by atoms with E-state index in [-0.39, 0.29) is 17.9 Å². The normalized spacial score (nSPS) is 20.6. The molecule has 0 aromatic heterocycles. The molecule has 1 aliphatic heterocycles. The molecule has 0 bridgehead atoms. The Kier molecular flexibility index (Phi) is 5.27. The van der Waals surface area contributed by atoms with Crippen LogP contribution in [-0.2, 0) is 0 Å². The van der Waals surface area contributed by atoms with E-state index in [1.54, 1.807) is 11.8 Å². The van der Waals surface area contributed by atoms with Crippen LogP contribution in [0, 0.1) is 0 Å². The molecule has 0 radical (unpaired) electrons. The predicted molar refractivity (Wildman–Crippen MR) is 100 cm³/mol. The van der Waals surface area contributed by atoms with Gasteiger partial charge in [0.25, 0.3) is 5.91 Å². The minimum absolute atomic E-state index is 0.00730. The van der Waals surface area contributed by atoms with Crippen molar-refractivity contribution in [2.24, 2.45) is 5.73 Å². The molecular formula is C20H24N2OS. The van der Waals surface area contributed by atoms with E-state index in [9.17, 15) is 4.79 Å². The van der Waals surface area contributed by atoms with Gasteiger partial charge in [0.2, 0.25) is 0 Å². The number of hydrogen-bond donors (Lipinski definition) is 1. The van der Waals surface area contributed by atoms with Gasteiger partial charge in [-0.05, 0) is 29.8 Å². The third kappa shape index (κ3) is 3.82. The fourth-order valence-electron chi connectivity index (χ4n) is 3.18. The van der Waals surface area contributed by atoms with Gasteiger partial charge in [-0.15, -0.1) is 11.8 Å². The van der Waals surface area contributed by atoms with Crippen LogP contribution in [0.15, 0.2) is 59.5 Å². The number of rotatable bonds is 4. The molecule has 0 aliphatic carbocycles. The van der Waals surface area contributed by atoms with E-state index in [4.69, 9.17) is 5.73 Å². The number of hydrogen-bond acceptors (Lipinski definition) is 3. The smallest absolute Gasteiger partial charge is 0.253 e. The molecule has 1 amide bonds. The quantitative estimate of drug-likeness (QED) is 0.862. The monoisotopic (exact) mass is 340 g/mol. The summed E-state index contributed by atoms with van der Waals surface area (Å²) >= 11 is 1.80. The molecular weight excluding hydrogens is 316 g/mol. The van der Waals surface area contributed by atoms with Gasteiger partial charge in [-0.25, -0.2) is 0 Å². The Bertz CT molecular complexity index is 685. The zero-order valence-electron chi connectivity index (χ0n) is 14.2. The predicted octanol–water partition coefficient (Wildman–Crippen LogP) is 3.75. The molecule has 24 heavy (non-hydrogen) atoms. The van der Waals surface area contributed by atoms with Crippen molar-refractivity contribution in [1.82, 2.24) is 4.90 Å². The highest BCUT2D eigenvalue weighted by Gasteiger charge is 2.34. The summed E-state index contributed by atoms with van der Waals surface area (Å²) in [6.07, 6.45) is 0. The van der Waals surface area contributed by atoms with Crippen LogP contribution in [0.2, 0.25) is 0 Å². The number of thioether (sulfide) groups is 1. The number of amides is 1. The maximum Gasteiger partial charge on any atom is 0.253 e. The van der Waals surface area contributed by atoms with Crippen molar-refractivity contribution in [2.75, 3.05) is 13.1 Å². The number of carbonyl (C=O) groups is 1. The van der Waals surface area contributed by atoms with Gasteiger partial charge in [0.05, 0.1) is 0 Å². The van der Waals surface area contributed by atoms with Crippen molar-refractivity contribution in [1.29, 1.82) is 0 Å². The van der Waals surface area contributed by atoms with Gasteiger partial charge in [-0.1, -0.05) is 44.2 Å². The average molecular weight is 340 g/mol. The van der Waals surface area contributed by atoms with Gasteiger partial charge in [0.15, 0.2) is 0 Å².